The second kappa shape index (κ2) is 8.65. The van der Waals surface area contributed by atoms with Crippen LogP contribution in [0.4, 0.5) is 0 Å². The van der Waals surface area contributed by atoms with E-state index < -0.39 is 0 Å². The number of rotatable bonds is 7. The average Bonchev–Trinajstić information content (AvgIpc) is 3.13. The van der Waals surface area contributed by atoms with Crippen molar-refractivity contribution in [1.82, 2.24) is 19.9 Å². The molecule has 1 aliphatic rings. The number of piperazine rings is 1. The molecular formula is C18H25ClN4O2. The third-order valence-electron chi connectivity index (χ3n) is 4.60. The Kier molecular flexibility index (Phi) is 6.29. The van der Waals surface area contributed by atoms with Crippen molar-refractivity contribution in [2.45, 2.75) is 26.3 Å². The van der Waals surface area contributed by atoms with E-state index in [1.165, 1.54) is 0 Å². The van der Waals surface area contributed by atoms with Crippen LogP contribution in [0.5, 0.6) is 5.75 Å². The molecule has 0 unspecified atom stereocenters. The lowest BCUT2D eigenvalue weighted by molar-refractivity contribution is 0.0800. The van der Waals surface area contributed by atoms with Crippen LogP contribution in [0, 0.1) is 0 Å². The van der Waals surface area contributed by atoms with Gasteiger partial charge in [-0.05, 0) is 31.2 Å². The van der Waals surface area contributed by atoms with Crippen LogP contribution in [-0.4, -0.2) is 59.3 Å². The molecule has 0 bridgehead atoms. The van der Waals surface area contributed by atoms with Gasteiger partial charge in [-0.2, -0.15) is 4.98 Å². The highest BCUT2D eigenvalue weighted by molar-refractivity contribution is 6.30. The number of hydrogen-bond donors (Lipinski definition) is 0. The van der Waals surface area contributed by atoms with E-state index in [9.17, 15) is 0 Å². The molecule has 6 nitrogen and oxygen atoms in total. The van der Waals surface area contributed by atoms with E-state index in [-0.39, 0.29) is 6.04 Å². The molecule has 0 amide bonds. The first kappa shape index (κ1) is 18.2. The van der Waals surface area contributed by atoms with Gasteiger partial charge in [0.15, 0.2) is 5.82 Å². The smallest absolute Gasteiger partial charge is 0.243 e. The van der Waals surface area contributed by atoms with Crippen molar-refractivity contribution in [3.8, 4) is 5.75 Å². The first-order valence-electron chi connectivity index (χ1n) is 8.83. The van der Waals surface area contributed by atoms with Crippen LogP contribution >= 0.6 is 11.6 Å². The highest BCUT2D eigenvalue weighted by Crippen LogP contribution is 2.20. The minimum atomic E-state index is 0.167. The summed E-state index contributed by atoms with van der Waals surface area (Å²) >= 11 is 5.88. The highest BCUT2D eigenvalue weighted by atomic mass is 35.5. The van der Waals surface area contributed by atoms with Gasteiger partial charge in [0, 0.05) is 44.2 Å². The molecule has 0 spiro atoms. The molecule has 3 rings (SSSR count). The molecule has 0 radical (unpaired) electrons. The van der Waals surface area contributed by atoms with Gasteiger partial charge < -0.3 is 9.26 Å². The molecule has 2 heterocycles. The number of halogens is 1. The molecule has 1 aromatic heterocycles. The third kappa shape index (κ3) is 4.93. The van der Waals surface area contributed by atoms with Crippen LogP contribution < -0.4 is 4.74 Å². The Bertz CT molecular complexity index is 653. The third-order valence-corrected chi connectivity index (χ3v) is 4.85. The molecule has 0 aliphatic carbocycles. The van der Waals surface area contributed by atoms with Crippen LogP contribution in [-0.2, 0) is 6.42 Å². The topological polar surface area (TPSA) is 54.6 Å². The van der Waals surface area contributed by atoms with E-state index in [0.29, 0.717) is 6.61 Å². The highest BCUT2D eigenvalue weighted by Gasteiger charge is 2.25. The predicted molar refractivity (Wildman–Crippen MR) is 97.1 cm³/mol. The molecule has 7 heteroatoms. The van der Waals surface area contributed by atoms with Crippen molar-refractivity contribution in [2.75, 3.05) is 39.3 Å². The monoisotopic (exact) mass is 364 g/mol. The maximum Gasteiger partial charge on any atom is 0.243 e. The van der Waals surface area contributed by atoms with Gasteiger partial charge in [-0.25, -0.2) is 0 Å². The van der Waals surface area contributed by atoms with Crippen molar-refractivity contribution in [1.29, 1.82) is 0 Å². The standard InChI is InChI=1S/C18H25ClN4O2/c1-3-17-20-18(25-21-17)14(2)23-10-8-22(9-11-23)12-13-24-16-6-4-15(19)5-7-16/h4-7,14H,3,8-13H2,1-2H3/t14-/m1/s1. The summed E-state index contributed by atoms with van der Waals surface area (Å²) in [6, 6.07) is 7.66. The second-order valence-corrected chi connectivity index (χ2v) is 6.69. The van der Waals surface area contributed by atoms with Gasteiger partial charge in [-0.3, -0.25) is 9.80 Å². The largest absolute Gasteiger partial charge is 0.492 e. The maximum absolute atomic E-state index is 5.88. The molecule has 1 atom stereocenters. The summed E-state index contributed by atoms with van der Waals surface area (Å²) in [4.78, 5) is 9.26. The van der Waals surface area contributed by atoms with Gasteiger partial charge in [0.2, 0.25) is 5.89 Å². The van der Waals surface area contributed by atoms with E-state index >= 15 is 0 Å². The van der Waals surface area contributed by atoms with E-state index in [1.807, 2.05) is 31.2 Å². The van der Waals surface area contributed by atoms with Gasteiger partial charge in [0.25, 0.3) is 0 Å². The van der Waals surface area contributed by atoms with Crippen molar-refractivity contribution >= 4 is 11.6 Å². The Morgan fingerprint density at radius 1 is 1.20 bits per heavy atom. The Morgan fingerprint density at radius 3 is 2.56 bits per heavy atom. The lowest BCUT2D eigenvalue weighted by atomic mass is 10.2. The van der Waals surface area contributed by atoms with Crippen molar-refractivity contribution in [3.63, 3.8) is 0 Å². The van der Waals surface area contributed by atoms with Gasteiger partial charge in [0.05, 0.1) is 6.04 Å². The van der Waals surface area contributed by atoms with Gasteiger partial charge in [-0.15, -0.1) is 0 Å². The Balaban J connectivity index is 1.40. The number of hydrogen-bond acceptors (Lipinski definition) is 6. The summed E-state index contributed by atoms with van der Waals surface area (Å²) in [7, 11) is 0. The maximum atomic E-state index is 5.88. The molecule has 0 saturated carbocycles. The SMILES string of the molecule is CCc1noc([C@@H](C)N2CCN(CCOc3ccc(Cl)cc3)CC2)n1. The van der Waals surface area contributed by atoms with E-state index in [1.54, 1.807) is 0 Å². The van der Waals surface area contributed by atoms with Crippen molar-refractivity contribution < 1.29 is 9.26 Å². The minimum Gasteiger partial charge on any atom is -0.492 e. The van der Waals surface area contributed by atoms with Crippen LogP contribution in [0.3, 0.4) is 0 Å². The van der Waals surface area contributed by atoms with Gasteiger partial charge in [-0.1, -0.05) is 23.7 Å². The molecule has 2 aromatic rings. The van der Waals surface area contributed by atoms with Gasteiger partial charge in [0.1, 0.15) is 12.4 Å². The van der Waals surface area contributed by atoms with Gasteiger partial charge >= 0.3 is 0 Å². The molecule has 0 N–H and O–H groups in total. The van der Waals surface area contributed by atoms with E-state index in [2.05, 4.69) is 26.9 Å². The fourth-order valence-corrected chi connectivity index (χ4v) is 3.06. The summed E-state index contributed by atoms with van der Waals surface area (Å²) in [5.41, 5.74) is 0. The quantitative estimate of drug-likeness (QED) is 0.752. The summed E-state index contributed by atoms with van der Waals surface area (Å²) in [5, 5.41) is 4.72. The number of ether oxygens (including phenoxy) is 1. The van der Waals surface area contributed by atoms with E-state index in [0.717, 1.165) is 61.6 Å². The molecule has 1 saturated heterocycles. The number of benzene rings is 1. The Morgan fingerprint density at radius 2 is 1.92 bits per heavy atom. The van der Waals surface area contributed by atoms with E-state index in [4.69, 9.17) is 20.9 Å². The molecule has 136 valence electrons. The minimum absolute atomic E-state index is 0.167. The fraction of sp³-hybridized carbons (Fsp3) is 0.556. The summed E-state index contributed by atoms with van der Waals surface area (Å²) in [5.74, 6) is 2.36. The first-order chi connectivity index (χ1) is 12.2. The fourth-order valence-electron chi connectivity index (χ4n) is 2.93. The first-order valence-corrected chi connectivity index (χ1v) is 9.20. The predicted octanol–water partition coefficient (Wildman–Crippen LogP) is 3.04. The lowest BCUT2D eigenvalue weighted by Crippen LogP contribution is -2.48. The van der Waals surface area contributed by atoms with Crippen LogP contribution in [0.2, 0.25) is 5.02 Å². The second-order valence-electron chi connectivity index (χ2n) is 6.26. The van der Waals surface area contributed by atoms with Crippen LogP contribution in [0.25, 0.3) is 0 Å². The summed E-state index contributed by atoms with van der Waals surface area (Å²) < 4.78 is 11.1. The average molecular weight is 365 g/mol. The van der Waals surface area contributed by atoms with Crippen LogP contribution in [0.15, 0.2) is 28.8 Å². The normalized spacial score (nSPS) is 17.6. The Labute approximate surface area is 153 Å². The van der Waals surface area contributed by atoms with Crippen molar-refractivity contribution in [2.24, 2.45) is 0 Å². The summed E-state index contributed by atoms with van der Waals surface area (Å²) in [6.45, 7) is 9.78. The number of aromatic nitrogens is 2. The number of nitrogens with zero attached hydrogens (tertiary/aromatic N) is 4. The Hall–Kier alpha value is -1.63. The molecular weight excluding hydrogens is 340 g/mol. The lowest BCUT2D eigenvalue weighted by Gasteiger charge is -2.36. The zero-order valence-corrected chi connectivity index (χ0v) is 15.6. The molecule has 1 aromatic carbocycles. The molecule has 1 fully saturated rings. The number of aryl methyl sites for hydroxylation is 1. The zero-order chi connectivity index (χ0) is 17.6. The van der Waals surface area contributed by atoms with Crippen molar-refractivity contribution in [3.05, 3.63) is 41.0 Å². The summed E-state index contributed by atoms with van der Waals surface area (Å²) in [6.07, 6.45) is 0.803. The molecule has 1 aliphatic heterocycles. The van der Waals surface area contributed by atoms with Crippen LogP contribution in [0.1, 0.15) is 31.6 Å². The molecule has 25 heavy (non-hydrogen) atoms. The zero-order valence-electron chi connectivity index (χ0n) is 14.8.